The van der Waals surface area contributed by atoms with E-state index in [0.717, 1.165) is 0 Å². The van der Waals surface area contributed by atoms with Gasteiger partial charge in [-0.1, -0.05) is 78.2 Å². The first kappa shape index (κ1) is 17.2. The Kier molecular flexibility index (Phi) is 4.57. The molecule has 0 fully saturated rings. The van der Waals surface area contributed by atoms with E-state index in [2.05, 4.69) is 84.0 Å². The van der Waals surface area contributed by atoms with Crippen molar-refractivity contribution in [2.45, 2.75) is 53.0 Å². The summed E-state index contributed by atoms with van der Waals surface area (Å²) in [5.41, 5.74) is 8.84. The lowest BCUT2D eigenvalue weighted by atomic mass is 9.92. The molecule has 0 spiro atoms. The molecule has 1 aromatic carbocycles. The maximum Gasteiger partial charge on any atom is 0.0616 e. The smallest absolute Gasteiger partial charge is 0.0616 e. The maximum atomic E-state index is 2.45. The molecule has 0 heterocycles. The molecule has 2 aliphatic carbocycles. The van der Waals surface area contributed by atoms with Crippen molar-refractivity contribution in [2.24, 2.45) is 5.92 Å². The molecular formula is C23H30Si. The zero-order valence-corrected chi connectivity index (χ0v) is 17.4. The van der Waals surface area contributed by atoms with Crippen LogP contribution in [-0.4, -0.2) is 9.52 Å². The fourth-order valence-electron chi connectivity index (χ4n) is 4.49. The van der Waals surface area contributed by atoms with Crippen molar-refractivity contribution >= 4 is 15.1 Å². The zero-order valence-electron chi connectivity index (χ0n) is 16.0. The van der Waals surface area contributed by atoms with Gasteiger partial charge in [-0.15, -0.1) is 0 Å². The molecule has 1 aromatic rings. The van der Waals surface area contributed by atoms with Crippen molar-refractivity contribution in [1.29, 1.82) is 0 Å². The Hall–Kier alpha value is -1.60. The summed E-state index contributed by atoms with van der Waals surface area (Å²) in [5.74, 6) is 0.578. The van der Waals surface area contributed by atoms with Gasteiger partial charge in [0.15, 0.2) is 0 Å². The quantitative estimate of drug-likeness (QED) is 0.607. The third kappa shape index (κ3) is 3.15. The van der Waals surface area contributed by atoms with Crippen molar-refractivity contribution < 1.29 is 0 Å². The molecule has 2 aliphatic rings. The molecule has 0 amide bonds. The number of hydrogen-bond acceptors (Lipinski definition) is 0. The summed E-state index contributed by atoms with van der Waals surface area (Å²) < 4.78 is 0. The summed E-state index contributed by atoms with van der Waals surface area (Å²) in [4.78, 5) is 0. The maximum absolute atomic E-state index is 2.45. The van der Waals surface area contributed by atoms with Crippen molar-refractivity contribution in [1.82, 2.24) is 0 Å². The molecular weight excluding hydrogens is 304 g/mol. The lowest BCUT2D eigenvalue weighted by Gasteiger charge is -2.29. The average Bonchev–Trinajstić information content (AvgIpc) is 2.70. The van der Waals surface area contributed by atoms with E-state index in [1.807, 2.05) is 0 Å². The van der Waals surface area contributed by atoms with Gasteiger partial charge in [-0.25, -0.2) is 0 Å². The van der Waals surface area contributed by atoms with Crippen LogP contribution in [0.25, 0.3) is 5.57 Å². The van der Waals surface area contributed by atoms with Crippen LogP contribution >= 0.6 is 0 Å². The average molecular weight is 335 g/mol. The minimum atomic E-state index is -0.337. The van der Waals surface area contributed by atoms with E-state index in [1.54, 1.807) is 16.3 Å². The van der Waals surface area contributed by atoms with Crippen molar-refractivity contribution in [2.75, 3.05) is 0 Å². The van der Waals surface area contributed by atoms with Gasteiger partial charge in [0, 0.05) is 0 Å². The minimum Gasteiger partial charge on any atom is -0.0840 e. The molecule has 126 valence electrons. The Balaban J connectivity index is 1.94. The van der Waals surface area contributed by atoms with Crippen LogP contribution in [0.2, 0.25) is 5.04 Å². The first-order valence-electron chi connectivity index (χ1n) is 9.14. The predicted octanol–water partition coefficient (Wildman–Crippen LogP) is 5.86. The number of allylic oxidation sites excluding steroid dienone is 8. The SMILES string of the molecule is CC1=C([SiH2]C2(C)C=CC=CC2)C(C)C(c2cc(C)cc(C)c2)=C1C. The number of rotatable bonds is 3. The molecule has 2 unspecified atom stereocenters. The van der Waals surface area contributed by atoms with Crippen molar-refractivity contribution in [3.05, 3.63) is 75.5 Å². The standard InChI is InChI=1S/C23H30Si/c1-15-12-16(2)14-20(13-15)21-17(3)18(4)22(19(21)5)24-23(6)10-8-7-9-11-23/h7-10,12-14,19H,11,24H2,1-6H3. The van der Waals surface area contributed by atoms with Crippen LogP contribution in [0.3, 0.4) is 0 Å². The first-order chi connectivity index (χ1) is 11.3. The van der Waals surface area contributed by atoms with Crippen LogP contribution in [0.5, 0.6) is 0 Å². The fraction of sp³-hybridized carbons (Fsp3) is 0.391. The summed E-state index contributed by atoms with van der Waals surface area (Å²) in [6, 6.07) is 7.01. The van der Waals surface area contributed by atoms with Crippen LogP contribution in [0.15, 0.2) is 58.8 Å². The fourth-order valence-corrected chi connectivity index (χ4v) is 6.96. The van der Waals surface area contributed by atoms with Crippen LogP contribution in [-0.2, 0) is 0 Å². The van der Waals surface area contributed by atoms with Gasteiger partial charge in [-0.2, -0.15) is 0 Å². The lowest BCUT2D eigenvalue weighted by molar-refractivity contribution is 0.748. The van der Waals surface area contributed by atoms with Crippen LogP contribution < -0.4 is 0 Å². The predicted molar refractivity (Wildman–Crippen MR) is 110 cm³/mol. The highest BCUT2D eigenvalue weighted by Crippen LogP contribution is 2.46. The molecule has 0 saturated heterocycles. The Labute approximate surface area is 149 Å². The van der Waals surface area contributed by atoms with Gasteiger partial charge in [-0.3, -0.25) is 0 Å². The topological polar surface area (TPSA) is 0 Å². The number of aryl methyl sites for hydroxylation is 2. The number of hydrogen-bond donors (Lipinski definition) is 0. The summed E-state index contributed by atoms with van der Waals surface area (Å²) in [7, 11) is -0.337. The third-order valence-electron chi connectivity index (χ3n) is 5.86. The molecule has 0 aliphatic heterocycles. The van der Waals surface area contributed by atoms with E-state index >= 15 is 0 Å². The molecule has 0 bridgehead atoms. The van der Waals surface area contributed by atoms with Crippen LogP contribution in [0, 0.1) is 19.8 Å². The highest BCUT2D eigenvalue weighted by molar-refractivity contribution is 6.51. The number of benzene rings is 1. The minimum absolute atomic E-state index is 0.337. The van der Waals surface area contributed by atoms with E-state index in [1.165, 1.54) is 28.7 Å². The van der Waals surface area contributed by atoms with Crippen LogP contribution in [0.1, 0.15) is 50.8 Å². The Morgan fingerprint density at radius 3 is 2.21 bits per heavy atom. The van der Waals surface area contributed by atoms with Gasteiger partial charge < -0.3 is 0 Å². The second-order valence-corrected chi connectivity index (χ2v) is 10.8. The largest absolute Gasteiger partial charge is 0.0840 e. The third-order valence-corrected chi connectivity index (χ3v) is 8.72. The molecule has 0 radical (unpaired) electrons. The van der Waals surface area contributed by atoms with Gasteiger partial charge in [0.1, 0.15) is 0 Å². The molecule has 0 saturated carbocycles. The van der Waals surface area contributed by atoms with Crippen LogP contribution in [0.4, 0.5) is 0 Å². The second-order valence-electron chi connectivity index (χ2n) is 8.11. The molecule has 0 N–H and O–H groups in total. The van der Waals surface area contributed by atoms with Crippen molar-refractivity contribution in [3.63, 3.8) is 0 Å². The van der Waals surface area contributed by atoms with Gasteiger partial charge in [0.05, 0.1) is 9.52 Å². The van der Waals surface area contributed by atoms with Gasteiger partial charge >= 0.3 is 0 Å². The summed E-state index contributed by atoms with van der Waals surface area (Å²) in [6.45, 7) is 14.0. The monoisotopic (exact) mass is 334 g/mol. The van der Waals surface area contributed by atoms with Gasteiger partial charge in [-0.05, 0) is 61.8 Å². The lowest BCUT2D eigenvalue weighted by Crippen LogP contribution is -2.20. The highest BCUT2D eigenvalue weighted by Gasteiger charge is 2.32. The molecule has 3 rings (SSSR count). The van der Waals surface area contributed by atoms with E-state index in [9.17, 15) is 0 Å². The second kappa shape index (κ2) is 6.37. The molecule has 1 heteroatoms. The Bertz CT molecular complexity index is 768. The highest BCUT2D eigenvalue weighted by atomic mass is 28.2. The molecule has 2 atom stereocenters. The van der Waals surface area contributed by atoms with Gasteiger partial charge in [0.2, 0.25) is 0 Å². The van der Waals surface area contributed by atoms with E-state index in [0.29, 0.717) is 11.0 Å². The summed E-state index contributed by atoms with van der Waals surface area (Å²) in [6.07, 6.45) is 10.4. The Morgan fingerprint density at radius 2 is 1.62 bits per heavy atom. The normalized spacial score (nSPS) is 27.2. The van der Waals surface area contributed by atoms with E-state index in [-0.39, 0.29) is 9.52 Å². The van der Waals surface area contributed by atoms with Crippen molar-refractivity contribution in [3.8, 4) is 0 Å². The summed E-state index contributed by atoms with van der Waals surface area (Å²) >= 11 is 0. The summed E-state index contributed by atoms with van der Waals surface area (Å²) in [5, 5.41) is 2.17. The van der Waals surface area contributed by atoms with E-state index < -0.39 is 0 Å². The molecule has 0 aromatic heterocycles. The first-order valence-corrected chi connectivity index (χ1v) is 10.6. The zero-order chi connectivity index (χ0) is 17.5. The Morgan fingerprint density at radius 1 is 0.958 bits per heavy atom. The molecule has 0 nitrogen and oxygen atoms in total. The van der Waals surface area contributed by atoms with E-state index in [4.69, 9.17) is 0 Å². The molecule has 24 heavy (non-hydrogen) atoms. The van der Waals surface area contributed by atoms with Gasteiger partial charge in [0.25, 0.3) is 0 Å².